The van der Waals surface area contributed by atoms with Crippen molar-refractivity contribution in [2.45, 2.75) is 12.8 Å². The third kappa shape index (κ3) is 2.44. The molecule has 0 amide bonds. The normalized spacial score (nSPS) is 10.1. The van der Waals surface area contributed by atoms with E-state index >= 15 is 0 Å². The molecule has 1 aromatic rings. The Labute approximate surface area is 94.6 Å². The molecule has 0 spiro atoms. The summed E-state index contributed by atoms with van der Waals surface area (Å²) in [6, 6.07) is 1.62. The van der Waals surface area contributed by atoms with Gasteiger partial charge in [0.1, 0.15) is 5.56 Å². The molecule has 6 nitrogen and oxygen atoms in total. The second-order valence-electron chi connectivity index (χ2n) is 2.93. The molecule has 0 saturated carbocycles. The summed E-state index contributed by atoms with van der Waals surface area (Å²) < 4.78 is 30.2. The highest BCUT2D eigenvalue weighted by molar-refractivity contribution is 5.54. The van der Waals surface area contributed by atoms with E-state index in [2.05, 4.69) is 9.72 Å². The highest BCUT2D eigenvalue weighted by atomic mass is 19.3. The highest BCUT2D eigenvalue weighted by Crippen LogP contribution is 2.37. The van der Waals surface area contributed by atoms with Gasteiger partial charge in [0.15, 0.2) is 0 Å². The van der Waals surface area contributed by atoms with Crippen molar-refractivity contribution in [1.29, 1.82) is 5.26 Å². The predicted octanol–water partition coefficient (Wildman–Crippen LogP) is 2.00. The van der Waals surface area contributed by atoms with E-state index in [0.717, 1.165) is 13.3 Å². The van der Waals surface area contributed by atoms with Crippen LogP contribution in [-0.2, 0) is 6.42 Å². The lowest BCUT2D eigenvalue weighted by Gasteiger charge is -2.09. The fraction of sp³-hybridized carbons (Fsp3) is 0.333. The molecule has 0 aromatic carbocycles. The van der Waals surface area contributed by atoms with E-state index in [-0.39, 0.29) is 11.4 Å². The SMILES string of the molecule is COc1cnc(CC#N)c(C(F)F)c1[N+](=O)[O-]. The van der Waals surface area contributed by atoms with Crippen LogP contribution in [0.5, 0.6) is 5.75 Å². The zero-order valence-electron chi connectivity index (χ0n) is 8.68. The fourth-order valence-corrected chi connectivity index (χ4v) is 1.32. The zero-order chi connectivity index (χ0) is 13.0. The minimum absolute atomic E-state index is 0.310. The van der Waals surface area contributed by atoms with Gasteiger partial charge >= 0.3 is 5.69 Å². The first-order valence-corrected chi connectivity index (χ1v) is 4.38. The van der Waals surface area contributed by atoms with Gasteiger partial charge in [-0.3, -0.25) is 15.1 Å². The molecule has 0 unspecified atom stereocenters. The number of ether oxygens (including phenoxy) is 1. The number of rotatable bonds is 4. The van der Waals surface area contributed by atoms with Gasteiger partial charge in [-0.2, -0.15) is 5.26 Å². The molecule has 0 radical (unpaired) electrons. The van der Waals surface area contributed by atoms with Crippen molar-refractivity contribution in [1.82, 2.24) is 4.98 Å². The number of aromatic nitrogens is 1. The van der Waals surface area contributed by atoms with Crippen LogP contribution < -0.4 is 4.74 Å². The molecule has 1 heterocycles. The van der Waals surface area contributed by atoms with Crippen LogP contribution in [0.3, 0.4) is 0 Å². The summed E-state index contributed by atoms with van der Waals surface area (Å²) in [6.45, 7) is 0. The van der Waals surface area contributed by atoms with Crippen molar-refractivity contribution in [2.24, 2.45) is 0 Å². The first kappa shape index (κ1) is 12.8. The number of nitrogens with zero attached hydrogens (tertiary/aromatic N) is 3. The lowest BCUT2D eigenvalue weighted by atomic mass is 10.1. The summed E-state index contributed by atoms with van der Waals surface area (Å²) in [5, 5.41) is 19.2. The summed E-state index contributed by atoms with van der Waals surface area (Å²) in [5.41, 5.74) is -2.02. The largest absolute Gasteiger partial charge is 0.489 e. The van der Waals surface area contributed by atoms with Crippen molar-refractivity contribution in [3.05, 3.63) is 27.6 Å². The van der Waals surface area contributed by atoms with E-state index in [4.69, 9.17) is 5.26 Å². The quantitative estimate of drug-likeness (QED) is 0.596. The molecule has 0 aliphatic rings. The first-order valence-electron chi connectivity index (χ1n) is 4.38. The third-order valence-corrected chi connectivity index (χ3v) is 2.00. The number of alkyl halides is 2. The molecule has 0 fully saturated rings. The molecule has 8 heteroatoms. The van der Waals surface area contributed by atoms with Gasteiger partial charge in [0, 0.05) is 0 Å². The van der Waals surface area contributed by atoms with E-state index < -0.39 is 29.0 Å². The molecular weight excluding hydrogens is 236 g/mol. The van der Waals surface area contributed by atoms with Crippen LogP contribution in [0.2, 0.25) is 0 Å². The standard InChI is InChI=1S/C9H7F2N3O3/c1-17-6-4-13-5(2-3-12)7(9(10)11)8(6)14(15)16/h4,9H,2H2,1H3. The Hall–Kier alpha value is -2.30. The van der Waals surface area contributed by atoms with Gasteiger partial charge in [-0.25, -0.2) is 8.78 Å². The molecule has 17 heavy (non-hydrogen) atoms. The molecule has 0 atom stereocenters. The van der Waals surface area contributed by atoms with Crippen LogP contribution in [-0.4, -0.2) is 17.0 Å². The number of hydrogen-bond donors (Lipinski definition) is 0. The number of hydrogen-bond acceptors (Lipinski definition) is 5. The van der Waals surface area contributed by atoms with Gasteiger partial charge in [0.2, 0.25) is 5.75 Å². The number of methoxy groups -OCH3 is 1. The van der Waals surface area contributed by atoms with E-state index in [1.807, 2.05) is 0 Å². The lowest BCUT2D eigenvalue weighted by Crippen LogP contribution is -2.05. The highest BCUT2D eigenvalue weighted by Gasteiger charge is 2.30. The van der Waals surface area contributed by atoms with Crippen LogP contribution >= 0.6 is 0 Å². The predicted molar refractivity (Wildman–Crippen MR) is 51.7 cm³/mol. The second kappa shape index (κ2) is 5.16. The molecule has 0 N–H and O–H groups in total. The third-order valence-electron chi connectivity index (χ3n) is 2.00. The van der Waals surface area contributed by atoms with Crippen molar-refractivity contribution < 1.29 is 18.4 Å². The Balaban J connectivity index is 3.54. The summed E-state index contributed by atoms with van der Waals surface area (Å²) >= 11 is 0. The van der Waals surface area contributed by atoms with Gasteiger partial charge in [-0.1, -0.05) is 0 Å². The van der Waals surface area contributed by atoms with E-state index in [1.165, 1.54) is 0 Å². The minimum Gasteiger partial charge on any atom is -0.489 e. The molecule has 90 valence electrons. The van der Waals surface area contributed by atoms with Gasteiger partial charge in [-0.05, 0) is 0 Å². The Morgan fingerprint density at radius 1 is 1.71 bits per heavy atom. The Bertz CT molecular complexity index is 485. The summed E-state index contributed by atoms with van der Waals surface area (Å²) in [4.78, 5) is 13.3. The smallest absolute Gasteiger partial charge is 0.323 e. The molecule has 0 saturated heterocycles. The van der Waals surface area contributed by atoms with Gasteiger partial charge in [-0.15, -0.1) is 0 Å². The van der Waals surface area contributed by atoms with Crippen molar-refractivity contribution >= 4 is 5.69 Å². The maximum Gasteiger partial charge on any atom is 0.323 e. The number of nitro groups is 1. The number of pyridine rings is 1. The van der Waals surface area contributed by atoms with Crippen LogP contribution in [0.4, 0.5) is 14.5 Å². The summed E-state index contributed by atoms with van der Waals surface area (Å²) in [6.07, 6.45) is -2.57. The van der Waals surface area contributed by atoms with E-state index in [1.54, 1.807) is 6.07 Å². The molecule has 0 bridgehead atoms. The maximum absolute atomic E-state index is 12.8. The van der Waals surface area contributed by atoms with Gasteiger partial charge in [0.25, 0.3) is 6.43 Å². The van der Waals surface area contributed by atoms with Crippen LogP contribution in [0, 0.1) is 21.4 Å². The van der Waals surface area contributed by atoms with Crippen molar-refractivity contribution in [3.63, 3.8) is 0 Å². The number of nitriles is 1. The summed E-state index contributed by atoms with van der Waals surface area (Å²) in [7, 11) is 1.11. The summed E-state index contributed by atoms with van der Waals surface area (Å²) in [5.74, 6) is -0.355. The molecule has 1 rings (SSSR count). The first-order chi connectivity index (χ1) is 8.02. The van der Waals surface area contributed by atoms with Crippen LogP contribution in [0.1, 0.15) is 17.7 Å². The topological polar surface area (TPSA) is 89.0 Å². The Kier molecular flexibility index (Phi) is 3.87. The molecule has 1 aromatic heterocycles. The molecule has 0 aliphatic carbocycles. The monoisotopic (exact) mass is 243 g/mol. The fourth-order valence-electron chi connectivity index (χ4n) is 1.32. The van der Waals surface area contributed by atoms with Crippen molar-refractivity contribution in [2.75, 3.05) is 7.11 Å². The van der Waals surface area contributed by atoms with E-state index in [0.29, 0.717) is 0 Å². The molecular formula is C9H7F2N3O3. The number of halogens is 2. The lowest BCUT2D eigenvalue weighted by molar-refractivity contribution is -0.387. The van der Waals surface area contributed by atoms with Crippen molar-refractivity contribution in [3.8, 4) is 11.8 Å². The average molecular weight is 243 g/mol. The minimum atomic E-state index is -3.10. The van der Waals surface area contributed by atoms with Crippen LogP contribution in [0.15, 0.2) is 6.20 Å². The van der Waals surface area contributed by atoms with E-state index in [9.17, 15) is 18.9 Å². The average Bonchev–Trinajstić information content (AvgIpc) is 2.28. The maximum atomic E-state index is 12.8. The Morgan fingerprint density at radius 3 is 2.76 bits per heavy atom. The van der Waals surface area contributed by atoms with Gasteiger partial charge < -0.3 is 4.74 Å². The molecule has 0 aliphatic heterocycles. The zero-order valence-corrected chi connectivity index (χ0v) is 8.68. The van der Waals surface area contributed by atoms with Crippen LogP contribution in [0.25, 0.3) is 0 Å². The second-order valence-corrected chi connectivity index (χ2v) is 2.93. The van der Waals surface area contributed by atoms with Gasteiger partial charge in [0.05, 0.1) is 36.4 Å². The Morgan fingerprint density at radius 2 is 2.35 bits per heavy atom.